The fraction of sp³-hybridized carbons (Fsp3) is 0.600. The van der Waals surface area contributed by atoms with E-state index in [-0.39, 0.29) is 18.4 Å². The largest absolute Gasteiger partial charge is 0.497 e. The second kappa shape index (κ2) is 10.2. The van der Waals surface area contributed by atoms with Gasteiger partial charge in [0.1, 0.15) is 5.75 Å². The molecule has 2 amide bonds. The van der Waals surface area contributed by atoms with Gasteiger partial charge in [-0.25, -0.2) is 0 Å². The zero-order valence-electron chi connectivity index (χ0n) is 16.2. The lowest BCUT2D eigenvalue weighted by Gasteiger charge is -2.35. The van der Waals surface area contributed by atoms with Gasteiger partial charge in [-0.1, -0.05) is 13.0 Å². The minimum absolute atomic E-state index is 0.0893. The van der Waals surface area contributed by atoms with E-state index in [0.717, 1.165) is 37.3 Å². The van der Waals surface area contributed by atoms with Crippen LogP contribution in [0.2, 0.25) is 0 Å². The minimum atomic E-state index is -0.0893. The van der Waals surface area contributed by atoms with Crippen molar-refractivity contribution in [1.82, 2.24) is 4.90 Å². The van der Waals surface area contributed by atoms with Gasteiger partial charge in [-0.15, -0.1) is 0 Å². The van der Waals surface area contributed by atoms with Crippen molar-refractivity contribution in [3.63, 3.8) is 0 Å². The number of anilines is 1. The van der Waals surface area contributed by atoms with Crippen LogP contribution in [-0.2, 0) is 9.59 Å². The van der Waals surface area contributed by atoms with Crippen LogP contribution >= 0.6 is 0 Å². The normalized spacial score (nSPS) is 18.3. The number of methoxy groups -OCH3 is 1. The molecule has 1 unspecified atom stereocenters. The van der Waals surface area contributed by atoms with E-state index >= 15 is 0 Å². The number of benzene rings is 1. The van der Waals surface area contributed by atoms with E-state index in [9.17, 15) is 9.59 Å². The van der Waals surface area contributed by atoms with Gasteiger partial charge in [-0.05, 0) is 44.7 Å². The molecule has 1 aliphatic heterocycles. The molecule has 0 spiro atoms. The molecular formula is C20H32N3O3+. The van der Waals surface area contributed by atoms with Crippen molar-refractivity contribution < 1.29 is 19.2 Å². The SMILES string of the molecule is CC[C@H]1CCCCN1C(=O)C[NH+](CC)CC(=O)Nc1cccc(OC)c1. The van der Waals surface area contributed by atoms with Crippen molar-refractivity contribution in [2.75, 3.05) is 38.6 Å². The summed E-state index contributed by atoms with van der Waals surface area (Å²) in [6.45, 7) is 6.39. The highest BCUT2D eigenvalue weighted by Crippen LogP contribution is 2.19. The molecule has 2 rings (SSSR count). The summed E-state index contributed by atoms with van der Waals surface area (Å²) in [7, 11) is 1.60. The molecule has 0 aromatic heterocycles. The van der Waals surface area contributed by atoms with E-state index in [4.69, 9.17) is 4.74 Å². The number of likely N-dealkylation sites (tertiary alicyclic amines) is 1. The Bertz CT molecular complexity index is 606. The Kier molecular flexibility index (Phi) is 7.91. The molecule has 2 N–H and O–H groups in total. The molecule has 0 aliphatic carbocycles. The summed E-state index contributed by atoms with van der Waals surface area (Å²) in [6.07, 6.45) is 4.39. The van der Waals surface area contributed by atoms with E-state index < -0.39 is 0 Å². The van der Waals surface area contributed by atoms with Crippen molar-refractivity contribution in [1.29, 1.82) is 0 Å². The van der Waals surface area contributed by atoms with Crippen LogP contribution in [0.5, 0.6) is 5.75 Å². The number of quaternary nitrogens is 1. The number of nitrogens with one attached hydrogen (secondary N) is 2. The van der Waals surface area contributed by atoms with Gasteiger partial charge in [0, 0.05) is 24.3 Å². The molecule has 1 aromatic rings. The second-order valence-corrected chi connectivity index (χ2v) is 6.88. The average Bonchev–Trinajstić information content (AvgIpc) is 2.67. The minimum Gasteiger partial charge on any atom is -0.497 e. The van der Waals surface area contributed by atoms with Crippen LogP contribution in [0.4, 0.5) is 5.69 Å². The molecule has 1 aromatic carbocycles. The maximum atomic E-state index is 12.7. The van der Waals surface area contributed by atoms with Gasteiger partial charge in [0.2, 0.25) is 0 Å². The van der Waals surface area contributed by atoms with E-state index in [1.165, 1.54) is 6.42 Å². The molecular weight excluding hydrogens is 330 g/mol. The van der Waals surface area contributed by atoms with Crippen LogP contribution in [0.25, 0.3) is 0 Å². The smallest absolute Gasteiger partial charge is 0.279 e. The van der Waals surface area contributed by atoms with Crippen LogP contribution in [0.3, 0.4) is 0 Å². The van der Waals surface area contributed by atoms with Crippen molar-refractivity contribution in [3.05, 3.63) is 24.3 Å². The zero-order chi connectivity index (χ0) is 18.9. The predicted molar refractivity (Wildman–Crippen MR) is 103 cm³/mol. The number of amides is 2. The highest BCUT2D eigenvalue weighted by molar-refractivity contribution is 5.91. The topological polar surface area (TPSA) is 63.1 Å². The Hall–Kier alpha value is -2.08. The number of rotatable bonds is 8. The van der Waals surface area contributed by atoms with Crippen LogP contribution < -0.4 is 15.0 Å². The highest BCUT2D eigenvalue weighted by atomic mass is 16.5. The van der Waals surface area contributed by atoms with Gasteiger partial charge in [0.05, 0.1) is 13.7 Å². The summed E-state index contributed by atoms with van der Waals surface area (Å²) in [5.41, 5.74) is 0.707. The average molecular weight is 362 g/mol. The first-order chi connectivity index (χ1) is 12.6. The van der Waals surface area contributed by atoms with Crippen LogP contribution in [0.15, 0.2) is 24.3 Å². The number of carbonyl (C=O) groups excluding carboxylic acids is 2. The Morgan fingerprint density at radius 3 is 2.77 bits per heavy atom. The number of nitrogens with zero attached hydrogens (tertiary/aromatic N) is 1. The molecule has 1 fully saturated rings. The Morgan fingerprint density at radius 1 is 1.27 bits per heavy atom. The van der Waals surface area contributed by atoms with E-state index in [0.29, 0.717) is 24.0 Å². The summed E-state index contributed by atoms with van der Waals surface area (Å²) in [5.74, 6) is 0.782. The highest BCUT2D eigenvalue weighted by Gasteiger charge is 2.28. The number of piperidine rings is 1. The molecule has 0 radical (unpaired) electrons. The Labute approximate surface area is 156 Å². The number of likely N-dealkylation sites (N-methyl/N-ethyl adjacent to an activating group) is 1. The third-order valence-electron chi connectivity index (χ3n) is 5.08. The maximum Gasteiger partial charge on any atom is 0.279 e. The quantitative estimate of drug-likeness (QED) is 0.733. The lowest BCUT2D eigenvalue weighted by atomic mass is 10.00. The summed E-state index contributed by atoms with van der Waals surface area (Å²) in [5, 5.41) is 2.89. The first-order valence-electron chi connectivity index (χ1n) is 9.64. The molecule has 144 valence electrons. The molecule has 6 nitrogen and oxygen atoms in total. The zero-order valence-corrected chi connectivity index (χ0v) is 16.2. The maximum absolute atomic E-state index is 12.7. The van der Waals surface area contributed by atoms with Gasteiger partial charge < -0.3 is 19.9 Å². The number of hydrogen-bond donors (Lipinski definition) is 2. The van der Waals surface area contributed by atoms with Crippen molar-refractivity contribution in [2.24, 2.45) is 0 Å². The summed E-state index contributed by atoms with van der Waals surface area (Å²) >= 11 is 0. The third-order valence-corrected chi connectivity index (χ3v) is 5.08. The van der Waals surface area contributed by atoms with Gasteiger partial charge in [-0.3, -0.25) is 9.59 Å². The number of ether oxygens (including phenoxy) is 1. The molecule has 26 heavy (non-hydrogen) atoms. The molecule has 1 heterocycles. The van der Waals surface area contributed by atoms with Gasteiger partial charge >= 0.3 is 0 Å². The summed E-state index contributed by atoms with van der Waals surface area (Å²) in [4.78, 5) is 28.1. The van der Waals surface area contributed by atoms with Gasteiger partial charge in [0.15, 0.2) is 13.1 Å². The molecule has 1 aliphatic rings. The fourth-order valence-electron chi connectivity index (χ4n) is 3.51. The molecule has 0 saturated carbocycles. The van der Waals surface area contributed by atoms with Crippen LogP contribution in [0.1, 0.15) is 39.5 Å². The predicted octanol–water partition coefficient (Wildman–Crippen LogP) is 1.33. The molecule has 6 heteroatoms. The van der Waals surface area contributed by atoms with Gasteiger partial charge in [-0.2, -0.15) is 0 Å². The molecule has 0 bridgehead atoms. The first-order valence-corrected chi connectivity index (χ1v) is 9.64. The third kappa shape index (κ3) is 5.73. The number of hydrogen-bond acceptors (Lipinski definition) is 3. The van der Waals surface area contributed by atoms with Crippen LogP contribution in [-0.4, -0.2) is 56.0 Å². The number of carbonyl (C=O) groups is 2. The summed E-state index contributed by atoms with van der Waals surface area (Å²) in [6, 6.07) is 7.65. The van der Waals surface area contributed by atoms with Crippen molar-refractivity contribution >= 4 is 17.5 Å². The molecule has 2 atom stereocenters. The summed E-state index contributed by atoms with van der Waals surface area (Å²) < 4.78 is 5.17. The lowest BCUT2D eigenvalue weighted by Crippen LogP contribution is -3.14. The first kappa shape index (κ1) is 20.2. The van der Waals surface area contributed by atoms with E-state index in [1.807, 2.05) is 30.0 Å². The Morgan fingerprint density at radius 2 is 2.08 bits per heavy atom. The second-order valence-electron chi connectivity index (χ2n) is 6.88. The Balaban J connectivity index is 1.89. The van der Waals surface area contributed by atoms with Crippen molar-refractivity contribution in [2.45, 2.75) is 45.6 Å². The standard InChI is InChI=1S/C20H31N3O3/c1-4-17-10-6-7-12-23(17)20(25)15-22(5-2)14-19(24)21-16-9-8-11-18(13-16)26-3/h8-9,11,13,17H,4-7,10,12,14-15H2,1-3H3,(H,21,24)/p+1/t17-/m0/s1. The fourth-order valence-corrected chi connectivity index (χ4v) is 3.51. The lowest BCUT2D eigenvalue weighted by molar-refractivity contribution is -0.882. The van der Waals surface area contributed by atoms with Crippen LogP contribution in [0, 0.1) is 0 Å². The van der Waals surface area contributed by atoms with Gasteiger partial charge in [0.25, 0.3) is 11.8 Å². The monoisotopic (exact) mass is 362 g/mol. The van der Waals surface area contributed by atoms with Crippen molar-refractivity contribution in [3.8, 4) is 5.75 Å². The van der Waals surface area contributed by atoms with E-state index in [1.54, 1.807) is 13.2 Å². The molecule has 1 saturated heterocycles. The van der Waals surface area contributed by atoms with E-state index in [2.05, 4.69) is 12.2 Å².